The summed E-state index contributed by atoms with van der Waals surface area (Å²) in [6.07, 6.45) is 25.8. The topological polar surface area (TPSA) is 26.3 Å². The number of hydrogen-bond donors (Lipinski definition) is 0. The summed E-state index contributed by atoms with van der Waals surface area (Å²) in [6, 6.07) is 0. The van der Waals surface area contributed by atoms with Gasteiger partial charge in [0.1, 0.15) is 0 Å². The van der Waals surface area contributed by atoms with E-state index in [1.807, 2.05) is 0 Å². The van der Waals surface area contributed by atoms with Crippen LogP contribution in [-0.2, 0) is 9.53 Å². The zero-order valence-corrected chi connectivity index (χ0v) is 19.7. The van der Waals surface area contributed by atoms with Gasteiger partial charge in [-0.3, -0.25) is 4.79 Å². The molecule has 0 aromatic heterocycles. The van der Waals surface area contributed by atoms with Gasteiger partial charge < -0.3 is 4.74 Å². The lowest BCUT2D eigenvalue weighted by Gasteiger charge is -2.11. The monoisotopic (exact) mass is 396 g/mol. The molecule has 1 unspecified atom stereocenters. The van der Waals surface area contributed by atoms with Crippen molar-refractivity contribution in [1.29, 1.82) is 0 Å². The maximum Gasteiger partial charge on any atom is 0.305 e. The summed E-state index contributed by atoms with van der Waals surface area (Å²) in [7, 11) is 0. The Kier molecular flexibility index (Phi) is 22.3. The highest BCUT2D eigenvalue weighted by molar-refractivity contribution is 5.69. The molecule has 2 nitrogen and oxygen atoms in total. The van der Waals surface area contributed by atoms with Crippen molar-refractivity contribution in [1.82, 2.24) is 0 Å². The standard InChI is InChI=1S/C26H52O2/c1-4-6-8-9-10-11-12-13-14-15-16-17-18-19-20-22-26(27)28-24-23-25(3)21-7-5-2/h25H,4-24H2,1-3H3. The number of unbranched alkanes of at least 4 members (excludes halogenated alkanes) is 15. The first-order chi connectivity index (χ1) is 13.7. The molecule has 0 saturated carbocycles. The number of carbonyl (C=O) groups excluding carboxylic acids is 1. The van der Waals surface area contributed by atoms with E-state index >= 15 is 0 Å². The van der Waals surface area contributed by atoms with Gasteiger partial charge in [-0.1, -0.05) is 130 Å². The fraction of sp³-hybridized carbons (Fsp3) is 0.962. The van der Waals surface area contributed by atoms with E-state index in [-0.39, 0.29) is 5.97 Å². The van der Waals surface area contributed by atoms with Gasteiger partial charge in [-0.15, -0.1) is 0 Å². The Morgan fingerprint density at radius 3 is 1.50 bits per heavy atom. The van der Waals surface area contributed by atoms with Crippen LogP contribution in [0.4, 0.5) is 0 Å². The van der Waals surface area contributed by atoms with Gasteiger partial charge in [-0.25, -0.2) is 0 Å². The summed E-state index contributed by atoms with van der Waals surface area (Å²) in [5.74, 6) is 0.691. The lowest BCUT2D eigenvalue weighted by molar-refractivity contribution is -0.144. The minimum atomic E-state index is 0.0115. The summed E-state index contributed by atoms with van der Waals surface area (Å²) in [5.41, 5.74) is 0. The summed E-state index contributed by atoms with van der Waals surface area (Å²) in [6.45, 7) is 7.39. The molecule has 0 aromatic carbocycles. The van der Waals surface area contributed by atoms with E-state index in [0.29, 0.717) is 18.9 Å². The fourth-order valence-corrected chi connectivity index (χ4v) is 3.78. The van der Waals surface area contributed by atoms with Gasteiger partial charge in [-0.05, 0) is 18.8 Å². The van der Waals surface area contributed by atoms with E-state index in [2.05, 4.69) is 20.8 Å². The minimum absolute atomic E-state index is 0.0115. The Bertz CT molecular complexity index is 314. The van der Waals surface area contributed by atoms with Gasteiger partial charge >= 0.3 is 5.97 Å². The molecular formula is C26H52O2. The first-order valence-electron chi connectivity index (χ1n) is 12.9. The molecule has 168 valence electrons. The maximum absolute atomic E-state index is 11.8. The Morgan fingerprint density at radius 2 is 1.04 bits per heavy atom. The van der Waals surface area contributed by atoms with Gasteiger partial charge in [0.15, 0.2) is 0 Å². The third-order valence-corrected chi connectivity index (χ3v) is 5.91. The molecule has 0 fully saturated rings. The molecule has 2 heteroatoms. The number of esters is 1. The van der Waals surface area contributed by atoms with Crippen molar-refractivity contribution in [2.75, 3.05) is 6.61 Å². The Hall–Kier alpha value is -0.530. The van der Waals surface area contributed by atoms with E-state index in [4.69, 9.17) is 4.74 Å². The van der Waals surface area contributed by atoms with Crippen LogP contribution in [0.1, 0.15) is 149 Å². The van der Waals surface area contributed by atoms with Gasteiger partial charge in [0.2, 0.25) is 0 Å². The Morgan fingerprint density at radius 1 is 0.607 bits per heavy atom. The predicted molar refractivity (Wildman–Crippen MR) is 124 cm³/mol. The van der Waals surface area contributed by atoms with Crippen LogP contribution in [0.5, 0.6) is 0 Å². The van der Waals surface area contributed by atoms with Gasteiger partial charge in [-0.2, -0.15) is 0 Å². The largest absolute Gasteiger partial charge is 0.466 e. The lowest BCUT2D eigenvalue weighted by atomic mass is 10.0. The van der Waals surface area contributed by atoms with E-state index in [0.717, 1.165) is 12.8 Å². The highest BCUT2D eigenvalue weighted by Gasteiger charge is 2.05. The predicted octanol–water partition coefficient (Wildman–Crippen LogP) is 9.01. The zero-order valence-electron chi connectivity index (χ0n) is 19.7. The second-order valence-corrected chi connectivity index (χ2v) is 8.96. The summed E-state index contributed by atoms with van der Waals surface area (Å²) < 4.78 is 5.37. The number of ether oxygens (including phenoxy) is 1. The molecule has 0 bridgehead atoms. The fourth-order valence-electron chi connectivity index (χ4n) is 3.78. The minimum Gasteiger partial charge on any atom is -0.466 e. The molecule has 1 atom stereocenters. The van der Waals surface area contributed by atoms with Crippen LogP contribution in [0, 0.1) is 5.92 Å². The van der Waals surface area contributed by atoms with Crippen LogP contribution in [0.25, 0.3) is 0 Å². The smallest absolute Gasteiger partial charge is 0.305 e. The highest BCUT2D eigenvalue weighted by atomic mass is 16.5. The molecule has 0 aromatic rings. The van der Waals surface area contributed by atoms with E-state index in [1.54, 1.807) is 0 Å². The van der Waals surface area contributed by atoms with E-state index < -0.39 is 0 Å². The lowest BCUT2D eigenvalue weighted by Crippen LogP contribution is -2.08. The summed E-state index contributed by atoms with van der Waals surface area (Å²) >= 11 is 0. The Balaban J connectivity index is 3.19. The van der Waals surface area contributed by atoms with Crippen molar-refractivity contribution in [3.05, 3.63) is 0 Å². The molecule has 0 amide bonds. The van der Waals surface area contributed by atoms with E-state index in [9.17, 15) is 4.79 Å². The van der Waals surface area contributed by atoms with Gasteiger partial charge in [0.05, 0.1) is 6.61 Å². The molecule has 28 heavy (non-hydrogen) atoms. The maximum atomic E-state index is 11.8. The van der Waals surface area contributed by atoms with Crippen molar-refractivity contribution >= 4 is 5.97 Å². The number of carbonyl (C=O) groups is 1. The normalized spacial score (nSPS) is 12.2. The van der Waals surface area contributed by atoms with Crippen LogP contribution in [0.2, 0.25) is 0 Å². The third-order valence-electron chi connectivity index (χ3n) is 5.91. The highest BCUT2D eigenvalue weighted by Crippen LogP contribution is 2.14. The summed E-state index contributed by atoms with van der Waals surface area (Å²) in [5, 5.41) is 0. The first-order valence-corrected chi connectivity index (χ1v) is 12.9. The van der Waals surface area contributed by atoms with E-state index in [1.165, 1.54) is 109 Å². The van der Waals surface area contributed by atoms with Crippen molar-refractivity contribution in [3.63, 3.8) is 0 Å². The van der Waals surface area contributed by atoms with Crippen LogP contribution < -0.4 is 0 Å². The molecule has 0 N–H and O–H groups in total. The molecule has 0 heterocycles. The zero-order chi connectivity index (χ0) is 20.7. The number of hydrogen-bond acceptors (Lipinski definition) is 2. The van der Waals surface area contributed by atoms with Crippen LogP contribution in [-0.4, -0.2) is 12.6 Å². The van der Waals surface area contributed by atoms with Gasteiger partial charge in [0, 0.05) is 6.42 Å². The van der Waals surface area contributed by atoms with Crippen molar-refractivity contribution in [2.24, 2.45) is 5.92 Å². The SMILES string of the molecule is CCCCCCCCCCCCCCCCCC(=O)OCCC(C)CCCC. The molecule has 0 rings (SSSR count). The Labute approximate surface area is 177 Å². The van der Waals surface area contributed by atoms with Gasteiger partial charge in [0.25, 0.3) is 0 Å². The molecular weight excluding hydrogens is 344 g/mol. The summed E-state index contributed by atoms with van der Waals surface area (Å²) in [4.78, 5) is 11.8. The van der Waals surface area contributed by atoms with Crippen LogP contribution in [0.15, 0.2) is 0 Å². The van der Waals surface area contributed by atoms with Crippen LogP contribution >= 0.6 is 0 Å². The molecule has 0 saturated heterocycles. The number of rotatable bonds is 22. The van der Waals surface area contributed by atoms with Crippen molar-refractivity contribution in [3.8, 4) is 0 Å². The molecule has 0 aliphatic carbocycles. The van der Waals surface area contributed by atoms with Crippen molar-refractivity contribution in [2.45, 2.75) is 149 Å². The molecule has 0 radical (unpaired) electrons. The third kappa shape index (κ3) is 21.8. The average Bonchev–Trinajstić information content (AvgIpc) is 2.69. The van der Waals surface area contributed by atoms with Crippen molar-refractivity contribution < 1.29 is 9.53 Å². The quantitative estimate of drug-likeness (QED) is 0.135. The molecule has 0 spiro atoms. The average molecular weight is 397 g/mol. The first kappa shape index (κ1) is 27.5. The van der Waals surface area contributed by atoms with Crippen LogP contribution in [0.3, 0.4) is 0 Å². The second-order valence-electron chi connectivity index (χ2n) is 8.96. The molecule has 0 aliphatic rings. The molecule has 0 aliphatic heterocycles. The second kappa shape index (κ2) is 22.8.